The minimum absolute atomic E-state index is 0.256. The van der Waals surface area contributed by atoms with E-state index in [1.807, 2.05) is 6.07 Å². The van der Waals surface area contributed by atoms with Crippen LogP contribution in [0.25, 0.3) is 6.08 Å². The molecule has 0 bridgehead atoms. The van der Waals surface area contributed by atoms with Crippen molar-refractivity contribution in [2.45, 2.75) is 6.42 Å². The van der Waals surface area contributed by atoms with E-state index in [1.165, 1.54) is 17.4 Å². The summed E-state index contributed by atoms with van der Waals surface area (Å²) in [6.07, 6.45) is 3.53. The summed E-state index contributed by atoms with van der Waals surface area (Å²) in [6, 6.07) is 12.2. The largest absolute Gasteiger partial charge is 0.493 e. The fraction of sp³-hybridized carbons (Fsp3) is 0.182. The summed E-state index contributed by atoms with van der Waals surface area (Å²) in [5.41, 5.74) is 1.20. The number of rotatable bonds is 9. The van der Waals surface area contributed by atoms with Crippen molar-refractivity contribution in [1.29, 1.82) is 0 Å². The number of ether oxygens (including phenoxy) is 2. The number of carbonyl (C=O) groups excluding carboxylic acids is 2. The number of anilines is 1. The highest BCUT2D eigenvalue weighted by Crippen LogP contribution is 2.28. The predicted molar refractivity (Wildman–Crippen MR) is 125 cm³/mol. The molecule has 0 saturated carbocycles. The van der Waals surface area contributed by atoms with E-state index >= 15 is 0 Å². The number of hydrogen-bond donors (Lipinski definition) is 2. The van der Waals surface area contributed by atoms with Gasteiger partial charge in [-0.25, -0.2) is 0 Å². The van der Waals surface area contributed by atoms with Crippen molar-refractivity contribution in [2.24, 2.45) is 0 Å². The molecule has 166 valence electrons. The van der Waals surface area contributed by atoms with Crippen molar-refractivity contribution >= 4 is 46.0 Å². The first-order chi connectivity index (χ1) is 15.5. The van der Waals surface area contributed by atoms with Crippen LogP contribution in [0, 0.1) is 0 Å². The molecule has 2 N–H and O–H groups in total. The molecule has 10 heteroatoms. The number of amides is 2. The lowest BCUT2D eigenvalue weighted by molar-refractivity contribution is -0.111. The van der Waals surface area contributed by atoms with E-state index < -0.39 is 0 Å². The second-order valence-corrected chi connectivity index (χ2v) is 7.89. The molecule has 0 radical (unpaired) electrons. The third-order valence-electron chi connectivity index (χ3n) is 4.27. The Hall–Kier alpha value is -3.43. The Morgan fingerprint density at radius 3 is 2.62 bits per heavy atom. The Bertz CT molecular complexity index is 1130. The third-order valence-corrected chi connectivity index (χ3v) is 5.50. The molecule has 1 aromatic heterocycles. The second kappa shape index (κ2) is 11.3. The summed E-state index contributed by atoms with van der Waals surface area (Å²) in [7, 11) is 3.11. The Balaban J connectivity index is 1.49. The molecule has 0 saturated heterocycles. The van der Waals surface area contributed by atoms with Crippen molar-refractivity contribution in [2.75, 3.05) is 26.1 Å². The summed E-state index contributed by atoms with van der Waals surface area (Å²) in [5.74, 6) is 0.590. The van der Waals surface area contributed by atoms with Gasteiger partial charge in [-0.1, -0.05) is 41.1 Å². The van der Waals surface area contributed by atoms with Crippen molar-refractivity contribution in [3.05, 3.63) is 69.7 Å². The number of benzene rings is 2. The number of nitrogens with one attached hydrogen (secondary N) is 2. The Labute approximate surface area is 194 Å². The van der Waals surface area contributed by atoms with Gasteiger partial charge in [0, 0.05) is 19.0 Å². The van der Waals surface area contributed by atoms with E-state index in [-0.39, 0.29) is 11.8 Å². The average Bonchev–Trinajstić information content (AvgIpc) is 3.24. The van der Waals surface area contributed by atoms with Crippen LogP contribution in [-0.4, -0.2) is 42.8 Å². The lowest BCUT2D eigenvalue weighted by atomic mass is 10.2. The zero-order chi connectivity index (χ0) is 22.9. The van der Waals surface area contributed by atoms with Gasteiger partial charge < -0.3 is 14.8 Å². The zero-order valence-electron chi connectivity index (χ0n) is 17.4. The number of aromatic nitrogens is 2. The standard InChI is InChI=1S/C22H21ClN4O4S/c1-30-17-9-7-14(13-18(17)31-2)8-10-19(28)25-22-27-26-20(32-22)11-12-24-21(29)15-5-3-4-6-16(15)23/h3-10,13H,11-12H2,1-2H3,(H,24,29)(H,25,27,28)/b10-8+. The molecule has 0 unspecified atom stereocenters. The fourth-order valence-electron chi connectivity index (χ4n) is 2.70. The average molecular weight is 473 g/mol. The highest BCUT2D eigenvalue weighted by atomic mass is 35.5. The van der Waals surface area contributed by atoms with Crippen molar-refractivity contribution in [1.82, 2.24) is 15.5 Å². The molecular formula is C22H21ClN4O4S. The zero-order valence-corrected chi connectivity index (χ0v) is 19.0. The maximum atomic E-state index is 12.2. The summed E-state index contributed by atoms with van der Waals surface area (Å²) < 4.78 is 10.4. The Morgan fingerprint density at radius 2 is 1.88 bits per heavy atom. The van der Waals surface area contributed by atoms with E-state index in [9.17, 15) is 9.59 Å². The molecule has 2 amide bonds. The molecule has 0 spiro atoms. The van der Waals surface area contributed by atoms with Crippen LogP contribution < -0.4 is 20.1 Å². The second-order valence-electron chi connectivity index (χ2n) is 6.42. The highest BCUT2D eigenvalue weighted by Gasteiger charge is 2.11. The van der Waals surface area contributed by atoms with Gasteiger partial charge in [-0.05, 0) is 35.9 Å². The summed E-state index contributed by atoms with van der Waals surface area (Å²) in [5, 5.41) is 14.9. The van der Waals surface area contributed by atoms with E-state index in [4.69, 9.17) is 21.1 Å². The van der Waals surface area contributed by atoms with E-state index in [2.05, 4.69) is 20.8 Å². The Morgan fingerprint density at radius 1 is 1.09 bits per heavy atom. The molecule has 32 heavy (non-hydrogen) atoms. The highest BCUT2D eigenvalue weighted by molar-refractivity contribution is 7.15. The Kier molecular flexibility index (Phi) is 8.18. The maximum absolute atomic E-state index is 12.2. The molecule has 1 heterocycles. The third kappa shape index (κ3) is 6.29. The van der Waals surface area contributed by atoms with E-state index in [0.717, 1.165) is 5.56 Å². The minimum atomic E-state index is -0.338. The summed E-state index contributed by atoms with van der Waals surface area (Å²) >= 11 is 7.26. The normalized spacial score (nSPS) is 10.7. The number of nitrogens with zero attached hydrogens (tertiary/aromatic N) is 2. The molecule has 2 aromatic carbocycles. The van der Waals surface area contributed by atoms with Gasteiger partial charge in [0.1, 0.15) is 5.01 Å². The van der Waals surface area contributed by atoms with Crippen LogP contribution in [-0.2, 0) is 11.2 Å². The van der Waals surface area contributed by atoms with Crippen LogP contribution in [0.3, 0.4) is 0 Å². The molecular weight excluding hydrogens is 452 g/mol. The van der Waals surface area contributed by atoms with Gasteiger partial charge in [-0.15, -0.1) is 10.2 Å². The first-order valence-corrected chi connectivity index (χ1v) is 10.8. The number of methoxy groups -OCH3 is 2. The van der Waals surface area contributed by atoms with Crippen LogP contribution >= 0.6 is 22.9 Å². The van der Waals surface area contributed by atoms with Crippen LogP contribution in [0.1, 0.15) is 20.9 Å². The monoisotopic (exact) mass is 472 g/mol. The summed E-state index contributed by atoms with van der Waals surface area (Å²) in [4.78, 5) is 24.3. The van der Waals surface area contributed by atoms with Crippen molar-refractivity contribution in [3.63, 3.8) is 0 Å². The van der Waals surface area contributed by atoms with Gasteiger partial charge in [-0.3, -0.25) is 14.9 Å². The van der Waals surface area contributed by atoms with Gasteiger partial charge >= 0.3 is 0 Å². The first kappa shape index (κ1) is 23.2. The maximum Gasteiger partial charge on any atom is 0.252 e. The lowest BCUT2D eigenvalue weighted by Crippen LogP contribution is -2.25. The van der Waals surface area contributed by atoms with Crippen LogP contribution in [0.2, 0.25) is 5.02 Å². The van der Waals surface area contributed by atoms with Gasteiger partial charge in [-0.2, -0.15) is 0 Å². The SMILES string of the molecule is COc1ccc(/C=C/C(=O)Nc2nnc(CCNC(=O)c3ccccc3Cl)s2)cc1OC. The number of hydrogen-bond acceptors (Lipinski definition) is 7. The van der Waals surface area contributed by atoms with Gasteiger partial charge in [0.2, 0.25) is 11.0 Å². The van der Waals surface area contributed by atoms with Crippen molar-refractivity contribution < 1.29 is 19.1 Å². The fourth-order valence-corrected chi connectivity index (χ4v) is 3.67. The van der Waals surface area contributed by atoms with Crippen LogP contribution in [0.5, 0.6) is 11.5 Å². The molecule has 8 nitrogen and oxygen atoms in total. The molecule has 0 aliphatic carbocycles. The van der Waals surface area contributed by atoms with Gasteiger partial charge in [0.25, 0.3) is 5.91 Å². The predicted octanol–water partition coefficient (Wildman–Crippen LogP) is 3.83. The molecule has 3 rings (SSSR count). The molecule has 0 atom stereocenters. The topological polar surface area (TPSA) is 102 Å². The lowest BCUT2D eigenvalue weighted by Gasteiger charge is -2.07. The minimum Gasteiger partial charge on any atom is -0.493 e. The smallest absolute Gasteiger partial charge is 0.252 e. The van der Waals surface area contributed by atoms with E-state index in [0.29, 0.717) is 45.2 Å². The van der Waals surface area contributed by atoms with Crippen LogP contribution in [0.15, 0.2) is 48.5 Å². The summed E-state index contributed by atoms with van der Waals surface area (Å²) in [6.45, 7) is 0.367. The van der Waals surface area contributed by atoms with Crippen LogP contribution in [0.4, 0.5) is 5.13 Å². The van der Waals surface area contributed by atoms with Gasteiger partial charge in [0.05, 0.1) is 24.8 Å². The van der Waals surface area contributed by atoms with Gasteiger partial charge in [0.15, 0.2) is 11.5 Å². The first-order valence-electron chi connectivity index (χ1n) is 9.56. The molecule has 0 aliphatic rings. The van der Waals surface area contributed by atoms with Crippen molar-refractivity contribution in [3.8, 4) is 11.5 Å². The molecule has 3 aromatic rings. The molecule has 0 fully saturated rings. The quantitative estimate of drug-likeness (QED) is 0.459. The molecule has 0 aliphatic heterocycles. The number of halogens is 1. The number of carbonyl (C=O) groups is 2. The van der Waals surface area contributed by atoms with E-state index in [1.54, 1.807) is 56.7 Å².